The van der Waals surface area contributed by atoms with Crippen LogP contribution < -0.4 is 0 Å². The maximum Gasteiger partial charge on any atom is 0.364 e. The van der Waals surface area contributed by atoms with E-state index in [1.807, 2.05) is 0 Å². The van der Waals surface area contributed by atoms with Crippen molar-refractivity contribution in [3.05, 3.63) is 29.5 Å². The molecule has 176 valence electrons. The largest absolute Gasteiger partial charge is 0.477 e. The highest BCUT2D eigenvalue weighted by Crippen LogP contribution is 2.33. The third-order valence-electron chi connectivity index (χ3n) is 6.09. The summed E-state index contributed by atoms with van der Waals surface area (Å²) in [5.41, 5.74) is 3.33. The van der Waals surface area contributed by atoms with Gasteiger partial charge < -0.3 is 15.3 Å². The number of hydrogen-bond donors (Lipinski definition) is 3. The number of carboxylic acid groups (broad SMARTS) is 1. The van der Waals surface area contributed by atoms with Crippen molar-refractivity contribution in [2.75, 3.05) is 0 Å². The molecule has 1 saturated carbocycles. The Morgan fingerprint density at radius 2 is 1.71 bits per heavy atom. The fourth-order valence-electron chi connectivity index (χ4n) is 4.17. The molecular weight excluding hydrogens is 392 g/mol. The maximum absolute atomic E-state index is 12.2. The van der Waals surface area contributed by atoms with Gasteiger partial charge in [0.15, 0.2) is 0 Å². The minimum Gasteiger partial charge on any atom is -0.477 e. The summed E-state index contributed by atoms with van der Waals surface area (Å²) in [7, 11) is 0. The molecule has 0 aliphatic heterocycles. The number of rotatable bonds is 16. The molecule has 0 aromatic heterocycles. The number of carbonyl (C=O) groups is 2. The zero-order valence-corrected chi connectivity index (χ0v) is 19.4. The van der Waals surface area contributed by atoms with Crippen LogP contribution in [0.15, 0.2) is 29.5 Å². The summed E-state index contributed by atoms with van der Waals surface area (Å²) < 4.78 is 0. The molecule has 31 heavy (non-hydrogen) atoms. The van der Waals surface area contributed by atoms with Crippen LogP contribution in [0.5, 0.6) is 0 Å². The number of ketones is 1. The molecule has 0 aromatic rings. The minimum atomic E-state index is -2.78. The van der Waals surface area contributed by atoms with Crippen LogP contribution in [0.25, 0.3) is 0 Å². The molecule has 0 bridgehead atoms. The fourth-order valence-corrected chi connectivity index (χ4v) is 4.17. The number of hydrogen-bond acceptors (Lipinski definition) is 4. The molecule has 0 spiro atoms. The predicted octanol–water partition coefficient (Wildman–Crippen LogP) is 5.71. The Balaban J connectivity index is 2.34. The number of aliphatic hydroxyl groups is 2. The lowest BCUT2D eigenvalue weighted by molar-refractivity contribution is -0.202. The number of allylic oxidation sites excluding steroid dienone is 2. The molecular formula is C26H42O5. The van der Waals surface area contributed by atoms with Crippen molar-refractivity contribution in [1.82, 2.24) is 0 Å². The first-order chi connectivity index (χ1) is 14.8. The molecule has 1 aliphatic rings. The Hall–Kier alpha value is -1.68. The number of unbranched alkanes of at least 4 members (excludes halogenated alkanes) is 9. The zero-order chi connectivity index (χ0) is 23.1. The van der Waals surface area contributed by atoms with Crippen LogP contribution in [0.1, 0.15) is 104 Å². The summed E-state index contributed by atoms with van der Waals surface area (Å²) in [6.45, 7) is 3.84. The Morgan fingerprint density at radius 3 is 2.32 bits per heavy atom. The molecule has 3 N–H and O–H groups in total. The molecule has 0 aromatic carbocycles. The van der Waals surface area contributed by atoms with E-state index in [-0.39, 0.29) is 17.6 Å². The van der Waals surface area contributed by atoms with E-state index in [2.05, 4.69) is 24.8 Å². The molecule has 1 aliphatic carbocycles. The highest BCUT2D eigenvalue weighted by molar-refractivity contribution is 5.83. The first-order valence-corrected chi connectivity index (χ1v) is 12.1. The molecule has 0 unspecified atom stereocenters. The highest BCUT2D eigenvalue weighted by atomic mass is 16.5. The second kappa shape index (κ2) is 15.2. The van der Waals surface area contributed by atoms with Crippen LogP contribution in [-0.4, -0.2) is 32.9 Å². The first kappa shape index (κ1) is 27.4. The van der Waals surface area contributed by atoms with Gasteiger partial charge >= 0.3 is 5.97 Å². The van der Waals surface area contributed by atoms with Gasteiger partial charge in [0.25, 0.3) is 5.79 Å². The van der Waals surface area contributed by atoms with Crippen molar-refractivity contribution in [2.45, 2.75) is 110 Å². The summed E-state index contributed by atoms with van der Waals surface area (Å²) >= 11 is 0. The lowest BCUT2D eigenvalue weighted by Crippen LogP contribution is -2.38. The standard InChI is InChI=1S/C26H42O5/c1-3-4-5-6-7-8-9-10-11-12-13-16-22-18-19-24(27)23(22)17-14-15-21(2)20-26(30,31)25(28)29/h13-14,16,22-23,30-31H,3-12,17-20H2,1-2H3,(H,28,29)/t15?,22-,23+/m0/s1. The quantitative estimate of drug-likeness (QED) is 0.125. The van der Waals surface area contributed by atoms with Gasteiger partial charge in [0.05, 0.1) is 0 Å². The van der Waals surface area contributed by atoms with Gasteiger partial charge in [0.2, 0.25) is 0 Å². The van der Waals surface area contributed by atoms with Gasteiger partial charge in [0.1, 0.15) is 5.78 Å². The minimum absolute atomic E-state index is 0.0628. The predicted molar refractivity (Wildman–Crippen MR) is 124 cm³/mol. The van der Waals surface area contributed by atoms with Crippen molar-refractivity contribution in [3.8, 4) is 0 Å². The number of carboxylic acids is 1. The van der Waals surface area contributed by atoms with Crippen LogP contribution in [0.2, 0.25) is 0 Å². The Kier molecular flexibility index (Phi) is 13.4. The Bertz CT molecular complexity index is 640. The SMILES string of the molecule is CCCCCCCCCCCC=C[C@H]1CCC(=O)[C@@H]1CC=C=C(C)CC(O)(O)C(=O)O. The van der Waals surface area contributed by atoms with Gasteiger partial charge in [-0.2, -0.15) is 0 Å². The number of aliphatic carboxylic acids is 1. The highest BCUT2D eigenvalue weighted by Gasteiger charge is 2.33. The summed E-state index contributed by atoms with van der Waals surface area (Å²) in [5, 5.41) is 27.6. The summed E-state index contributed by atoms with van der Waals surface area (Å²) in [6, 6.07) is 0. The Labute approximate surface area is 187 Å². The molecule has 1 fully saturated rings. The second-order valence-electron chi connectivity index (χ2n) is 8.98. The molecule has 0 heterocycles. The molecule has 5 nitrogen and oxygen atoms in total. The smallest absolute Gasteiger partial charge is 0.364 e. The van der Waals surface area contributed by atoms with Gasteiger partial charge in [-0.05, 0) is 50.2 Å². The first-order valence-electron chi connectivity index (χ1n) is 12.1. The monoisotopic (exact) mass is 434 g/mol. The molecule has 2 atom stereocenters. The van der Waals surface area contributed by atoms with Crippen molar-refractivity contribution in [3.63, 3.8) is 0 Å². The topological polar surface area (TPSA) is 94.8 Å². The number of carbonyl (C=O) groups excluding carboxylic acids is 1. The van der Waals surface area contributed by atoms with Crippen molar-refractivity contribution in [1.29, 1.82) is 0 Å². The molecule has 5 heteroatoms. The van der Waals surface area contributed by atoms with Gasteiger partial charge in [-0.25, -0.2) is 4.79 Å². The average molecular weight is 435 g/mol. The summed E-state index contributed by atoms with van der Waals surface area (Å²) in [4.78, 5) is 23.0. The van der Waals surface area contributed by atoms with E-state index in [1.165, 1.54) is 57.8 Å². The van der Waals surface area contributed by atoms with E-state index >= 15 is 0 Å². The van der Waals surface area contributed by atoms with Crippen molar-refractivity contribution < 1.29 is 24.9 Å². The normalized spacial score (nSPS) is 19.0. The van der Waals surface area contributed by atoms with Crippen LogP contribution in [0.3, 0.4) is 0 Å². The lowest BCUT2D eigenvalue weighted by atomic mass is 9.91. The van der Waals surface area contributed by atoms with E-state index in [0.717, 1.165) is 12.8 Å². The lowest BCUT2D eigenvalue weighted by Gasteiger charge is -2.15. The third kappa shape index (κ3) is 11.5. The van der Waals surface area contributed by atoms with Crippen LogP contribution in [-0.2, 0) is 9.59 Å². The molecule has 0 radical (unpaired) electrons. The maximum atomic E-state index is 12.2. The summed E-state index contributed by atoms with van der Waals surface area (Å²) in [6.07, 6.45) is 20.7. The van der Waals surface area contributed by atoms with E-state index in [0.29, 0.717) is 18.4 Å². The fraction of sp³-hybridized carbons (Fsp3) is 0.731. The van der Waals surface area contributed by atoms with E-state index in [1.54, 1.807) is 13.0 Å². The van der Waals surface area contributed by atoms with Gasteiger partial charge in [-0.15, -0.1) is 5.73 Å². The Morgan fingerprint density at radius 1 is 1.10 bits per heavy atom. The van der Waals surface area contributed by atoms with E-state index in [4.69, 9.17) is 5.11 Å². The summed E-state index contributed by atoms with van der Waals surface area (Å²) in [5.74, 6) is -4.02. The molecule has 0 amide bonds. The van der Waals surface area contributed by atoms with Crippen molar-refractivity contribution >= 4 is 11.8 Å². The van der Waals surface area contributed by atoms with Crippen LogP contribution in [0, 0.1) is 11.8 Å². The number of Topliss-reactive ketones (excluding diaryl/α,β-unsaturated/α-hetero) is 1. The van der Waals surface area contributed by atoms with Crippen molar-refractivity contribution in [2.24, 2.45) is 11.8 Å². The van der Waals surface area contributed by atoms with E-state index < -0.39 is 18.2 Å². The van der Waals surface area contributed by atoms with Gasteiger partial charge in [0, 0.05) is 18.8 Å². The zero-order valence-electron chi connectivity index (χ0n) is 19.4. The van der Waals surface area contributed by atoms with Crippen LogP contribution in [0.4, 0.5) is 0 Å². The van der Waals surface area contributed by atoms with Crippen LogP contribution >= 0.6 is 0 Å². The average Bonchev–Trinajstić information content (AvgIpc) is 3.05. The third-order valence-corrected chi connectivity index (χ3v) is 6.09. The van der Waals surface area contributed by atoms with E-state index in [9.17, 15) is 19.8 Å². The van der Waals surface area contributed by atoms with Gasteiger partial charge in [-0.3, -0.25) is 4.79 Å². The molecule has 0 saturated heterocycles. The molecule has 1 rings (SSSR count). The van der Waals surface area contributed by atoms with Gasteiger partial charge in [-0.1, -0.05) is 70.4 Å². The second-order valence-corrected chi connectivity index (χ2v) is 8.98.